The van der Waals surface area contributed by atoms with Crippen molar-refractivity contribution in [3.8, 4) is 0 Å². The molecule has 0 fully saturated rings. The molecule has 0 saturated heterocycles. The molecular formula is C10H18N2O4. The van der Waals surface area contributed by atoms with Crippen LogP contribution in [0.25, 0.3) is 0 Å². The van der Waals surface area contributed by atoms with Gasteiger partial charge in [0.1, 0.15) is 6.04 Å². The lowest BCUT2D eigenvalue weighted by Gasteiger charge is -2.17. The molecule has 2 amide bonds. The van der Waals surface area contributed by atoms with E-state index in [0.717, 1.165) is 0 Å². The Bertz CT molecular complexity index is 276. The fourth-order valence-electron chi connectivity index (χ4n) is 1.11. The standard InChI is InChI=1S/C10H18N2O4/c1-6(2)9(10(15)16)12-8(14)4-5-11-7(3)13/h6,9H,4-5H2,1-3H3,(H,11,13)(H,12,14)(H,15,16)/t9-/m0/s1. The molecule has 6 nitrogen and oxygen atoms in total. The molecule has 16 heavy (non-hydrogen) atoms. The van der Waals surface area contributed by atoms with Crippen LogP contribution in [0.5, 0.6) is 0 Å². The molecule has 0 radical (unpaired) electrons. The Kier molecular flexibility index (Phi) is 6.14. The number of carbonyl (C=O) groups excluding carboxylic acids is 2. The highest BCUT2D eigenvalue weighted by atomic mass is 16.4. The fourth-order valence-corrected chi connectivity index (χ4v) is 1.11. The van der Waals surface area contributed by atoms with Crippen molar-refractivity contribution in [3.05, 3.63) is 0 Å². The van der Waals surface area contributed by atoms with Gasteiger partial charge in [-0.25, -0.2) is 4.79 Å². The Labute approximate surface area is 94.4 Å². The number of hydrogen-bond acceptors (Lipinski definition) is 3. The predicted molar refractivity (Wildman–Crippen MR) is 57.7 cm³/mol. The van der Waals surface area contributed by atoms with Crippen molar-refractivity contribution in [2.24, 2.45) is 5.92 Å². The Morgan fingerprint density at radius 2 is 1.81 bits per heavy atom. The van der Waals surface area contributed by atoms with Gasteiger partial charge in [-0.05, 0) is 5.92 Å². The van der Waals surface area contributed by atoms with Crippen LogP contribution in [-0.4, -0.2) is 35.5 Å². The quantitative estimate of drug-likeness (QED) is 0.585. The topological polar surface area (TPSA) is 95.5 Å². The summed E-state index contributed by atoms with van der Waals surface area (Å²) >= 11 is 0. The number of carboxylic acids is 1. The van der Waals surface area contributed by atoms with Crippen molar-refractivity contribution in [1.29, 1.82) is 0 Å². The molecule has 0 aromatic rings. The minimum absolute atomic E-state index is 0.0794. The second-order valence-corrected chi connectivity index (χ2v) is 3.86. The van der Waals surface area contributed by atoms with Gasteiger partial charge in [0.25, 0.3) is 0 Å². The van der Waals surface area contributed by atoms with E-state index in [0.29, 0.717) is 0 Å². The third-order valence-electron chi connectivity index (χ3n) is 1.98. The van der Waals surface area contributed by atoms with Gasteiger partial charge < -0.3 is 15.7 Å². The summed E-state index contributed by atoms with van der Waals surface area (Å²) in [5, 5.41) is 13.7. The van der Waals surface area contributed by atoms with Gasteiger partial charge in [-0.2, -0.15) is 0 Å². The number of amides is 2. The maximum Gasteiger partial charge on any atom is 0.326 e. The number of aliphatic carboxylic acids is 1. The first-order chi connectivity index (χ1) is 7.34. The zero-order valence-electron chi connectivity index (χ0n) is 9.74. The van der Waals surface area contributed by atoms with E-state index in [1.165, 1.54) is 6.92 Å². The molecule has 0 aromatic carbocycles. The Morgan fingerprint density at radius 1 is 1.25 bits per heavy atom. The molecule has 0 spiro atoms. The number of carbonyl (C=O) groups is 3. The van der Waals surface area contributed by atoms with Gasteiger partial charge in [0.05, 0.1) is 0 Å². The van der Waals surface area contributed by atoms with Gasteiger partial charge >= 0.3 is 5.97 Å². The minimum atomic E-state index is -1.05. The summed E-state index contributed by atoms with van der Waals surface area (Å²) in [5.74, 6) is -1.83. The largest absolute Gasteiger partial charge is 0.480 e. The SMILES string of the molecule is CC(=O)NCCC(=O)N[C@H](C(=O)O)C(C)C. The second-order valence-electron chi connectivity index (χ2n) is 3.86. The Hall–Kier alpha value is -1.59. The molecule has 0 aliphatic carbocycles. The van der Waals surface area contributed by atoms with Crippen LogP contribution in [-0.2, 0) is 14.4 Å². The molecule has 92 valence electrons. The van der Waals surface area contributed by atoms with Gasteiger partial charge in [0.15, 0.2) is 0 Å². The average Bonchev–Trinajstić information content (AvgIpc) is 2.12. The van der Waals surface area contributed by atoms with Crippen LogP contribution in [0.1, 0.15) is 27.2 Å². The van der Waals surface area contributed by atoms with E-state index in [-0.39, 0.29) is 30.7 Å². The van der Waals surface area contributed by atoms with Crippen LogP contribution in [0.4, 0.5) is 0 Å². The lowest BCUT2D eigenvalue weighted by Crippen LogP contribution is -2.45. The highest BCUT2D eigenvalue weighted by molar-refractivity contribution is 5.84. The zero-order chi connectivity index (χ0) is 12.7. The fraction of sp³-hybridized carbons (Fsp3) is 0.700. The number of carboxylic acid groups (broad SMARTS) is 1. The lowest BCUT2D eigenvalue weighted by molar-refractivity contribution is -0.143. The predicted octanol–water partition coefficient (Wildman–Crippen LogP) is -0.262. The summed E-state index contributed by atoms with van der Waals surface area (Å²) in [4.78, 5) is 32.6. The van der Waals surface area contributed by atoms with Crippen LogP contribution >= 0.6 is 0 Å². The first kappa shape index (κ1) is 14.4. The molecule has 0 aliphatic heterocycles. The molecule has 0 bridgehead atoms. The van der Waals surface area contributed by atoms with E-state index in [9.17, 15) is 14.4 Å². The van der Waals surface area contributed by atoms with Gasteiger partial charge in [-0.3, -0.25) is 9.59 Å². The Balaban J connectivity index is 4.01. The zero-order valence-corrected chi connectivity index (χ0v) is 9.74. The highest BCUT2D eigenvalue weighted by Crippen LogP contribution is 2.01. The van der Waals surface area contributed by atoms with Crippen molar-refractivity contribution >= 4 is 17.8 Å². The van der Waals surface area contributed by atoms with E-state index in [2.05, 4.69) is 10.6 Å². The van der Waals surface area contributed by atoms with E-state index < -0.39 is 12.0 Å². The smallest absolute Gasteiger partial charge is 0.326 e. The van der Waals surface area contributed by atoms with E-state index in [4.69, 9.17) is 5.11 Å². The molecule has 6 heteroatoms. The number of hydrogen-bond donors (Lipinski definition) is 3. The van der Waals surface area contributed by atoms with Crippen LogP contribution in [0.3, 0.4) is 0 Å². The third-order valence-corrected chi connectivity index (χ3v) is 1.98. The lowest BCUT2D eigenvalue weighted by atomic mass is 10.0. The molecule has 0 aliphatic rings. The van der Waals surface area contributed by atoms with E-state index in [1.54, 1.807) is 13.8 Å². The van der Waals surface area contributed by atoms with E-state index >= 15 is 0 Å². The van der Waals surface area contributed by atoms with Crippen LogP contribution in [0.15, 0.2) is 0 Å². The van der Waals surface area contributed by atoms with Crippen molar-refractivity contribution in [2.75, 3.05) is 6.54 Å². The summed E-state index contributed by atoms with van der Waals surface area (Å²) in [6.45, 7) is 5.00. The molecule has 0 heterocycles. The molecular weight excluding hydrogens is 212 g/mol. The Morgan fingerprint density at radius 3 is 2.19 bits per heavy atom. The summed E-state index contributed by atoms with van der Waals surface area (Å²) < 4.78 is 0. The van der Waals surface area contributed by atoms with E-state index in [1.807, 2.05) is 0 Å². The summed E-state index contributed by atoms with van der Waals surface area (Å²) in [6.07, 6.45) is 0.0794. The van der Waals surface area contributed by atoms with Gasteiger partial charge in [-0.1, -0.05) is 13.8 Å². The normalized spacial score (nSPS) is 12.0. The molecule has 0 rings (SSSR count). The van der Waals surface area contributed by atoms with Crippen LogP contribution in [0.2, 0.25) is 0 Å². The number of nitrogens with one attached hydrogen (secondary N) is 2. The second kappa shape index (κ2) is 6.81. The summed E-state index contributed by atoms with van der Waals surface area (Å²) in [5.41, 5.74) is 0. The molecule has 3 N–H and O–H groups in total. The molecule has 0 unspecified atom stereocenters. The molecule has 0 aromatic heterocycles. The van der Waals surface area contributed by atoms with Gasteiger partial charge in [0, 0.05) is 19.9 Å². The monoisotopic (exact) mass is 230 g/mol. The maximum atomic E-state index is 11.3. The first-order valence-electron chi connectivity index (χ1n) is 5.11. The van der Waals surface area contributed by atoms with Crippen molar-refractivity contribution in [3.63, 3.8) is 0 Å². The van der Waals surface area contributed by atoms with Crippen molar-refractivity contribution in [2.45, 2.75) is 33.2 Å². The number of rotatable bonds is 6. The summed E-state index contributed by atoms with van der Waals surface area (Å²) in [6, 6.07) is -0.884. The van der Waals surface area contributed by atoms with Crippen LogP contribution < -0.4 is 10.6 Å². The first-order valence-corrected chi connectivity index (χ1v) is 5.11. The van der Waals surface area contributed by atoms with Gasteiger partial charge in [0.2, 0.25) is 11.8 Å². The van der Waals surface area contributed by atoms with Crippen molar-refractivity contribution < 1.29 is 19.5 Å². The average molecular weight is 230 g/mol. The molecule has 0 saturated carbocycles. The van der Waals surface area contributed by atoms with Gasteiger partial charge in [-0.15, -0.1) is 0 Å². The highest BCUT2D eigenvalue weighted by Gasteiger charge is 2.22. The molecule has 1 atom stereocenters. The third kappa shape index (κ3) is 6.00. The van der Waals surface area contributed by atoms with Crippen molar-refractivity contribution in [1.82, 2.24) is 10.6 Å². The summed E-state index contributed by atoms with van der Waals surface area (Å²) in [7, 11) is 0. The van der Waals surface area contributed by atoms with Crippen LogP contribution in [0, 0.1) is 5.92 Å². The maximum absolute atomic E-state index is 11.3. The minimum Gasteiger partial charge on any atom is -0.480 e.